The van der Waals surface area contributed by atoms with Crippen molar-refractivity contribution in [3.8, 4) is 11.5 Å². The molecule has 1 saturated heterocycles. The Labute approximate surface area is 207 Å². The van der Waals surface area contributed by atoms with Crippen molar-refractivity contribution in [1.29, 1.82) is 0 Å². The Morgan fingerprint density at radius 3 is 2.54 bits per heavy atom. The number of nitrogens with zero attached hydrogens (tertiary/aromatic N) is 1. The van der Waals surface area contributed by atoms with Crippen LogP contribution < -0.4 is 4.74 Å². The van der Waals surface area contributed by atoms with Crippen LogP contribution in [0.5, 0.6) is 11.5 Å². The fourth-order valence-corrected chi connectivity index (χ4v) is 5.70. The summed E-state index contributed by atoms with van der Waals surface area (Å²) in [5.74, 6) is 0.787. The van der Waals surface area contributed by atoms with Gasteiger partial charge in [-0.15, -0.1) is 11.3 Å². The Balaban J connectivity index is 1.36. The van der Waals surface area contributed by atoms with Crippen LogP contribution in [-0.4, -0.2) is 50.2 Å². The number of carbonyl (C=O) groups excluding carboxylic acids is 1. The number of thiophene rings is 1. The quantitative estimate of drug-likeness (QED) is 0.345. The van der Waals surface area contributed by atoms with Gasteiger partial charge in [-0.3, -0.25) is 9.18 Å². The molecule has 0 saturated carbocycles. The Bertz CT molecular complexity index is 1210. The number of likely N-dealkylation sites (tertiary alicyclic amines) is 1. The van der Waals surface area contributed by atoms with Gasteiger partial charge in [0.2, 0.25) is 5.78 Å². The summed E-state index contributed by atoms with van der Waals surface area (Å²) in [6.07, 6.45) is 5.43. The van der Waals surface area contributed by atoms with E-state index in [0.29, 0.717) is 28.4 Å². The predicted octanol–water partition coefficient (Wildman–Crippen LogP) is 5.94. The van der Waals surface area contributed by atoms with Crippen LogP contribution in [0.25, 0.3) is 6.08 Å². The first-order valence-corrected chi connectivity index (χ1v) is 12.6. The van der Waals surface area contributed by atoms with Crippen LogP contribution in [-0.2, 0) is 17.6 Å². The molecule has 0 radical (unpaired) electrons. The van der Waals surface area contributed by atoms with Crippen LogP contribution in [0.4, 0.5) is 8.78 Å². The van der Waals surface area contributed by atoms with E-state index in [1.807, 2.05) is 36.4 Å². The zero-order valence-corrected chi connectivity index (χ0v) is 20.3. The van der Waals surface area contributed by atoms with Gasteiger partial charge in [0.05, 0.1) is 12.8 Å². The van der Waals surface area contributed by atoms with Gasteiger partial charge in [-0.05, 0) is 48.4 Å². The number of ether oxygens (including phenoxy) is 2. The molecule has 2 heterocycles. The van der Waals surface area contributed by atoms with Crippen molar-refractivity contribution in [2.75, 3.05) is 33.4 Å². The summed E-state index contributed by atoms with van der Waals surface area (Å²) in [7, 11) is 1.67. The number of hydrogen-bond donors (Lipinski definition) is 0. The van der Waals surface area contributed by atoms with E-state index >= 15 is 0 Å². The van der Waals surface area contributed by atoms with E-state index in [4.69, 9.17) is 9.47 Å². The minimum atomic E-state index is -0.384. The summed E-state index contributed by atoms with van der Waals surface area (Å²) < 4.78 is 37.8. The highest BCUT2D eigenvalue weighted by atomic mass is 32.1. The monoisotopic (exact) mass is 495 g/mol. The molecule has 1 atom stereocenters. The van der Waals surface area contributed by atoms with Gasteiger partial charge in [0.15, 0.2) is 5.75 Å². The summed E-state index contributed by atoms with van der Waals surface area (Å²) in [5, 5.41) is 0. The summed E-state index contributed by atoms with van der Waals surface area (Å²) in [5.41, 5.74) is 2.48. The van der Waals surface area contributed by atoms with Gasteiger partial charge in [-0.25, -0.2) is 4.39 Å². The van der Waals surface area contributed by atoms with Gasteiger partial charge >= 0.3 is 0 Å². The van der Waals surface area contributed by atoms with Crippen LogP contribution in [0.2, 0.25) is 0 Å². The number of methoxy groups -OCH3 is 1. The Kier molecular flexibility index (Phi) is 7.09. The number of fused-ring (bicyclic) bond motifs is 1. The highest BCUT2D eigenvalue weighted by molar-refractivity contribution is 7.15. The fourth-order valence-electron chi connectivity index (χ4n) is 4.48. The molecule has 1 unspecified atom stereocenters. The molecule has 0 N–H and O–H groups in total. The summed E-state index contributed by atoms with van der Waals surface area (Å²) in [6, 6.07) is 13.5. The number of carbonyl (C=O) groups is 1. The molecular weight excluding hydrogens is 468 g/mol. The molecule has 1 fully saturated rings. The third-order valence-corrected chi connectivity index (χ3v) is 7.77. The highest BCUT2D eigenvalue weighted by Crippen LogP contribution is 2.43. The number of halogens is 2. The zero-order valence-electron chi connectivity index (χ0n) is 19.5. The van der Waals surface area contributed by atoms with Gasteiger partial charge in [0, 0.05) is 55.1 Å². The Morgan fingerprint density at radius 2 is 1.86 bits per heavy atom. The van der Waals surface area contributed by atoms with E-state index in [2.05, 4.69) is 4.90 Å². The van der Waals surface area contributed by atoms with Gasteiger partial charge in [-0.2, -0.15) is 0 Å². The summed E-state index contributed by atoms with van der Waals surface area (Å²) >= 11 is 1.40. The molecule has 7 heteroatoms. The number of benzene rings is 2. The summed E-state index contributed by atoms with van der Waals surface area (Å²) in [6.45, 7) is 2.35. The maximum absolute atomic E-state index is 13.4. The molecule has 3 aromatic rings. The first-order chi connectivity index (χ1) is 17.0. The smallest absolute Gasteiger partial charge is 0.206 e. The van der Waals surface area contributed by atoms with Crippen LogP contribution >= 0.6 is 11.3 Å². The lowest BCUT2D eigenvalue weighted by Gasteiger charge is -2.37. The van der Waals surface area contributed by atoms with Crippen molar-refractivity contribution in [3.63, 3.8) is 0 Å². The maximum atomic E-state index is 13.4. The van der Waals surface area contributed by atoms with Crippen LogP contribution in [0, 0.1) is 11.7 Å². The Morgan fingerprint density at radius 1 is 1.11 bits per heavy atom. The fraction of sp³-hybridized carbons (Fsp3) is 0.321. The van der Waals surface area contributed by atoms with Gasteiger partial charge in [-0.1, -0.05) is 24.3 Å². The Hall–Kier alpha value is -2.87. The molecule has 2 aromatic carbocycles. The first kappa shape index (κ1) is 23.9. The minimum absolute atomic E-state index is 0.0475. The van der Waals surface area contributed by atoms with Crippen LogP contribution in [0.15, 0.2) is 54.6 Å². The third kappa shape index (κ3) is 5.22. The molecule has 5 rings (SSSR count). The largest absolute Gasteiger partial charge is 0.455 e. The molecule has 0 bridgehead atoms. The van der Waals surface area contributed by atoms with Crippen molar-refractivity contribution in [1.82, 2.24) is 4.90 Å². The first-order valence-electron chi connectivity index (χ1n) is 11.8. The number of rotatable bonds is 9. The number of ketones is 1. The minimum Gasteiger partial charge on any atom is -0.455 e. The van der Waals surface area contributed by atoms with E-state index in [9.17, 15) is 13.6 Å². The third-order valence-electron chi connectivity index (χ3n) is 6.57. The lowest BCUT2D eigenvalue weighted by Crippen LogP contribution is -2.48. The van der Waals surface area contributed by atoms with Crippen molar-refractivity contribution >= 4 is 23.2 Å². The SMILES string of the molecule is COC1C=Cc2c(sc(C(=O)c3ccc(F)cc3)c2Oc2ccc(CCN3CC(CF)C3)cc2)C1. The number of alkyl halides is 1. The average molecular weight is 496 g/mol. The van der Waals surface area contributed by atoms with Crippen molar-refractivity contribution in [2.45, 2.75) is 18.9 Å². The van der Waals surface area contributed by atoms with Gasteiger partial charge in [0.1, 0.15) is 16.4 Å². The van der Waals surface area contributed by atoms with Gasteiger partial charge in [0.25, 0.3) is 0 Å². The lowest BCUT2D eigenvalue weighted by molar-refractivity contribution is 0.0824. The molecule has 1 aliphatic heterocycles. The molecule has 35 heavy (non-hydrogen) atoms. The normalized spacial score (nSPS) is 17.7. The molecule has 0 spiro atoms. The topological polar surface area (TPSA) is 38.8 Å². The van der Waals surface area contributed by atoms with Crippen molar-refractivity contribution < 1.29 is 23.0 Å². The van der Waals surface area contributed by atoms with E-state index < -0.39 is 0 Å². The molecule has 2 aliphatic rings. The molecule has 4 nitrogen and oxygen atoms in total. The van der Waals surface area contributed by atoms with Gasteiger partial charge < -0.3 is 14.4 Å². The van der Waals surface area contributed by atoms with Crippen LogP contribution in [0.3, 0.4) is 0 Å². The molecular formula is C28H27F2NO3S. The predicted molar refractivity (Wildman–Crippen MR) is 134 cm³/mol. The number of hydrogen-bond acceptors (Lipinski definition) is 5. The second-order valence-corrected chi connectivity index (χ2v) is 10.2. The van der Waals surface area contributed by atoms with Crippen molar-refractivity contribution in [3.05, 3.63) is 86.9 Å². The zero-order chi connectivity index (χ0) is 24.4. The molecule has 1 aromatic heterocycles. The second-order valence-electron chi connectivity index (χ2n) is 9.05. The van der Waals surface area contributed by atoms with E-state index in [0.717, 1.165) is 36.5 Å². The standard InChI is InChI=1S/C28H27F2NO3S/c1-33-23-10-11-24-25(14-23)35-28(26(32)20-4-6-21(30)7-5-20)27(24)34-22-8-2-18(3-9-22)12-13-31-16-19(15-29)17-31/h2-11,19,23H,12-17H2,1H3. The van der Waals surface area contributed by atoms with E-state index in [1.165, 1.54) is 41.2 Å². The molecule has 1 aliphatic carbocycles. The molecule has 182 valence electrons. The van der Waals surface area contributed by atoms with E-state index in [-0.39, 0.29) is 30.3 Å². The van der Waals surface area contributed by atoms with E-state index in [1.54, 1.807) is 7.11 Å². The average Bonchev–Trinajstić information content (AvgIpc) is 3.21. The highest BCUT2D eigenvalue weighted by Gasteiger charge is 2.28. The van der Waals surface area contributed by atoms with Crippen molar-refractivity contribution in [2.24, 2.45) is 5.92 Å². The second kappa shape index (κ2) is 10.4. The lowest BCUT2D eigenvalue weighted by atomic mass is 10.0. The van der Waals surface area contributed by atoms with Crippen LogP contribution in [0.1, 0.15) is 31.2 Å². The molecule has 0 amide bonds. The summed E-state index contributed by atoms with van der Waals surface area (Å²) in [4.78, 5) is 17.1. The maximum Gasteiger partial charge on any atom is 0.206 e.